The summed E-state index contributed by atoms with van der Waals surface area (Å²) in [5.74, 6) is 0.459. The van der Waals surface area contributed by atoms with Gasteiger partial charge >= 0.3 is 6.03 Å². The van der Waals surface area contributed by atoms with Gasteiger partial charge < -0.3 is 15.2 Å². The second-order valence-electron chi connectivity index (χ2n) is 7.56. The number of halogens is 1. The number of nitrogens with zero attached hydrogens (tertiary/aromatic N) is 4. The van der Waals surface area contributed by atoms with Crippen LogP contribution in [0.5, 0.6) is 0 Å². The van der Waals surface area contributed by atoms with Crippen molar-refractivity contribution in [2.75, 3.05) is 26.7 Å². The van der Waals surface area contributed by atoms with E-state index in [2.05, 4.69) is 25.7 Å². The van der Waals surface area contributed by atoms with Crippen LogP contribution in [0.4, 0.5) is 4.79 Å². The number of urea groups is 1. The van der Waals surface area contributed by atoms with Crippen molar-refractivity contribution in [2.45, 2.75) is 32.0 Å². The molecule has 2 atom stereocenters. The summed E-state index contributed by atoms with van der Waals surface area (Å²) in [4.78, 5) is 33.2. The zero-order valence-electron chi connectivity index (χ0n) is 16.6. The number of nitrogens with one attached hydrogen (secondary N) is 2. The Hall–Kier alpha value is -2.49. The molecule has 2 unspecified atom stereocenters. The van der Waals surface area contributed by atoms with Gasteiger partial charge in [0.2, 0.25) is 5.89 Å². The number of hydrogen-bond donors (Lipinski definition) is 2. The van der Waals surface area contributed by atoms with Gasteiger partial charge in [0, 0.05) is 19.6 Å². The number of imide groups is 1. The molecule has 29 heavy (non-hydrogen) atoms. The number of likely N-dealkylation sites (N-methyl/N-ethyl adjacent to an activating group) is 1. The highest BCUT2D eigenvalue weighted by Crippen LogP contribution is 2.30. The number of hydrogen-bond acceptors (Lipinski definition) is 7. The lowest BCUT2D eigenvalue weighted by atomic mass is 9.91. The third kappa shape index (κ3) is 3.85. The fourth-order valence-electron chi connectivity index (χ4n) is 3.62. The van der Waals surface area contributed by atoms with E-state index in [0.29, 0.717) is 5.82 Å². The van der Waals surface area contributed by atoms with Gasteiger partial charge in [0.15, 0.2) is 5.82 Å². The van der Waals surface area contributed by atoms with Crippen molar-refractivity contribution in [3.63, 3.8) is 0 Å². The number of piperazine rings is 1. The molecule has 1 aromatic heterocycles. The molecular weight excluding hydrogens is 396 g/mol. The summed E-state index contributed by atoms with van der Waals surface area (Å²) < 4.78 is 5.32. The Bertz CT molecular complexity index is 902. The molecule has 2 aromatic rings. The number of aryl methyl sites for hydroxylation is 1. The first-order valence-electron chi connectivity index (χ1n) is 9.33. The van der Waals surface area contributed by atoms with E-state index in [1.807, 2.05) is 38.2 Å². The Balaban J connectivity index is 0.00000240. The van der Waals surface area contributed by atoms with E-state index in [4.69, 9.17) is 4.52 Å². The zero-order valence-corrected chi connectivity index (χ0v) is 17.5. The number of carbonyl (C=O) groups excluding carboxylic acids is 2. The molecule has 3 heterocycles. The average Bonchev–Trinajstić information content (AvgIpc) is 3.22. The topological polar surface area (TPSA) is 104 Å². The fourth-order valence-corrected chi connectivity index (χ4v) is 3.62. The normalized spacial score (nSPS) is 25.1. The van der Waals surface area contributed by atoms with Gasteiger partial charge in [0.1, 0.15) is 12.1 Å². The molecule has 156 valence electrons. The third-order valence-corrected chi connectivity index (χ3v) is 5.49. The first kappa shape index (κ1) is 21.2. The molecule has 0 aliphatic carbocycles. The fraction of sp³-hybridized carbons (Fsp3) is 0.474. The maximum absolute atomic E-state index is 13.0. The van der Waals surface area contributed by atoms with Crippen molar-refractivity contribution in [1.82, 2.24) is 30.6 Å². The third-order valence-electron chi connectivity index (χ3n) is 5.49. The van der Waals surface area contributed by atoms with Crippen LogP contribution >= 0.6 is 12.4 Å². The van der Waals surface area contributed by atoms with Crippen LogP contribution < -0.4 is 10.6 Å². The molecular formula is C19H25ClN6O3. The van der Waals surface area contributed by atoms with Crippen LogP contribution in [0.3, 0.4) is 0 Å². The largest absolute Gasteiger partial charge is 0.337 e. The quantitative estimate of drug-likeness (QED) is 0.719. The smallest absolute Gasteiger partial charge is 0.325 e. The Kier molecular flexibility index (Phi) is 5.92. The first-order chi connectivity index (χ1) is 13.4. The molecule has 1 aromatic carbocycles. The summed E-state index contributed by atoms with van der Waals surface area (Å²) >= 11 is 0. The Morgan fingerprint density at radius 2 is 2.00 bits per heavy atom. The molecule has 2 aliphatic rings. The molecule has 3 amide bonds. The number of amides is 3. The average molecular weight is 421 g/mol. The van der Waals surface area contributed by atoms with Gasteiger partial charge in [-0.1, -0.05) is 35.0 Å². The molecule has 0 bridgehead atoms. The van der Waals surface area contributed by atoms with E-state index in [-0.39, 0.29) is 36.8 Å². The molecule has 0 saturated carbocycles. The van der Waals surface area contributed by atoms with Crippen LogP contribution in [-0.2, 0) is 16.9 Å². The summed E-state index contributed by atoms with van der Waals surface area (Å²) in [5, 5.41) is 10.1. The van der Waals surface area contributed by atoms with Crippen LogP contribution in [0, 0.1) is 6.92 Å². The van der Waals surface area contributed by atoms with Crippen molar-refractivity contribution in [3.8, 4) is 0 Å². The molecule has 0 radical (unpaired) electrons. The number of rotatable bonds is 4. The number of carbonyl (C=O) groups is 2. The standard InChI is InChI=1S/C19H24N6O3.ClH/c1-12-4-6-13(7-5-12)19(2)17(26)25(18(27)22-19)11-15-21-16(23-28-15)14-10-20-8-9-24(14)3;/h4-7,14,20H,8-11H2,1-3H3,(H,22,27);1H. The molecule has 4 rings (SSSR count). The van der Waals surface area contributed by atoms with Crippen molar-refractivity contribution in [3.05, 3.63) is 47.1 Å². The second kappa shape index (κ2) is 8.10. The van der Waals surface area contributed by atoms with E-state index in [1.165, 1.54) is 0 Å². The highest BCUT2D eigenvalue weighted by atomic mass is 35.5. The van der Waals surface area contributed by atoms with Crippen molar-refractivity contribution in [1.29, 1.82) is 0 Å². The van der Waals surface area contributed by atoms with Gasteiger partial charge in [0.25, 0.3) is 5.91 Å². The van der Waals surface area contributed by atoms with Crippen LogP contribution in [0.1, 0.15) is 35.8 Å². The molecule has 2 saturated heterocycles. The van der Waals surface area contributed by atoms with E-state index >= 15 is 0 Å². The highest BCUT2D eigenvalue weighted by Gasteiger charge is 2.49. The van der Waals surface area contributed by atoms with E-state index in [1.54, 1.807) is 6.92 Å². The number of benzene rings is 1. The van der Waals surface area contributed by atoms with E-state index in [0.717, 1.165) is 35.7 Å². The minimum Gasteiger partial charge on any atom is -0.337 e. The van der Waals surface area contributed by atoms with Crippen LogP contribution in [-0.4, -0.2) is 58.6 Å². The summed E-state index contributed by atoms with van der Waals surface area (Å²) in [5.41, 5.74) is 0.711. The maximum Gasteiger partial charge on any atom is 0.325 e. The Morgan fingerprint density at radius 3 is 2.69 bits per heavy atom. The summed E-state index contributed by atoms with van der Waals surface area (Å²) in [6.45, 7) is 6.15. The molecule has 2 N–H and O–H groups in total. The lowest BCUT2D eigenvalue weighted by Gasteiger charge is -2.30. The molecule has 2 fully saturated rings. The Labute approximate surface area is 175 Å². The predicted molar refractivity (Wildman–Crippen MR) is 107 cm³/mol. The molecule has 0 spiro atoms. The second-order valence-corrected chi connectivity index (χ2v) is 7.56. The summed E-state index contributed by atoms with van der Waals surface area (Å²) in [7, 11) is 2.01. The molecule has 2 aliphatic heterocycles. The van der Waals surface area contributed by atoms with Crippen molar-refractivity contribution < 1.29 is 14.1 Å². The van der Waals surface area contributed by atoms with Gasteiger partial charge in [-0.15, -0.1) is 12.4 Å². The van der Waals surface area contributed by atoms with E-state index < -0.39 is 11.6 Å². The SMILES string of the molecule is Cc1ccc(C2(C)NC(=O)N(Cc3nc(C4CNCCN4C)no3)C2=O)cc1.Cl. The molecule has 10 heteroatoms. The van der Waals surface area contributed by atoms with Crippen LogP contribution in [0.25, 0.3) is 0 Å². The first-order valence-corrected chi connectivity index (χ1v) is 9.33. The zero-order chi connectivity index (χ0) is 19.9. The monoisotopic (exact) mass is 420 g/mol. The lowest BCUT2D eigenvalue weighted by molar-refractivity contribution is -0.131. The number of aromatic nitrogens is 2. The summed E-state index contributed by atoms with van der Waals surface area (Å²) in [6, 6.07) is 7.08. The predicted octanol–water partition coefficient (Wildman–Crippen LogP) is 1.34. The highest BCUT2D eigenvalue weighted by molar-refractivity contribution is 6.07. The van der Waals surface area contributed by atoms with Gasteiger partial charge in [-0.2, -0.15) is 4.98 Å². The van der Waals surface area contributed by atoms with Gasteiger partial charge in [0.05, 0.1) is 6.04 Å². The summed E-state index contributed by atoms with van der Waals surface area (Å²) in [6.07, 6.45) is 0. The van der Waals surface area contributed by atoms with Crippen LogP contribution in [0.15, 0.2) is 28.8 Å². The minimum atomic E-state index is -1.11. The van der Waals surface area contributed by atoms with Crippen molar-refractivity contribution >= 4 is 24.3 Å². The minimum absolute atomic E-state index is 0. The molecule has 9 nitrogen and oxygen atoms in total. The van der Waals surface area contributed by atoms with Gasteiger partial charge in [-0.25, -0.2) is 4.79 Å². The Morgan fingerprint density at radius 1 is 1.28 bits per heavy atom. The van der Waals surface area contributed by atoms with Crippen molar-refractivity contribution in [2.24, 2.45) is 0 Å². The van der Waals surface area contributed by atoms with E-state index in [9.17, 15) is 9.59 Å². The lowest BCUT2D eigenvalue weighted by Crippen LogP contribution is -2.44. The van der Waals surface area contributed by atoms with Gasteiger partial charge in [-0.3, -0.25) is 14.6 Å². The van der Waals surface area contributed by atoms with Crippen LogP contribution in [0.2, 0.25) is 0 Å². The maximum atomic E-state index is 13.0. The van der Waals surface area contributed by atoms with Gasteiger partial charge in [-0.05, 0) is 26.5 Å².